The molecule has 134 valence electrons. The van der Waals surface area contributed by atoms with E-state index in [0.717, 1.165) is 0 Å². The molecule has 2 rings (SSSR count). The summed E-state index contributed by atoms with van der Waals surface area (Å²) >= 11 is 0. The van der Waals surface area contributed by atoms with E-state index in [0.29, 0.717) is 22.6 Å². The molecule has 1 aromatic heterocycles. The van der Waals surface area contributed by atoms with Crippen LogP contribution >= 0.6 is 0 Å². The lowest BCUT2D eigenvalue weighted by molar-refractivity contribution is -0.132. The van der Waals surface area contributed by atoms with Gasteiger partial charge < -0.3 is 20.0 Å². The van der Waals surface area contributed by atoms with Crippen LogP contribution in [0.25, 0.3) is 0 Å². The van der Waals surface area contributed by atoms with Crippen molar-refractivity contribution in [3.8, 4) is 12.3 Å². The van der Waals surface area contributed by atoms with Crippen molar-refractivity contribution >= 4 is 23.4 Å². The number of terminal acetylenes is 1. The Labute approximate surface area is 151 Å². The van der Waals surface area contributed by atoms with Crippen LogP contribution < -0.4 is 10.6 Å². The molecular weight excluding hydrogens is 334 g/mol. The summed E-state index contributed by atoms with van der Waals surface area (Å²) in [6, 6.07) is 8.36. The number of amides is 3. The van der Waals surface area contributed by atoms with Crippen molar-refractivity contribution in [1.29, 1.82) is 0 Å². The molecule has 0 unspecified atom stereocenters. The molecule has 0 aliphatic heterocycles. The van der Waals surface area contributed by atoms with Gasteiger partial charge in [0, 0.05) is 18.3 Å². The van der Waals surface area contributed by atoms with Crippen molar-refractivity contribution in [1.82, 2.24) is 10.2 Å². The average Bonchev–Trinajstić information content (AvgIpc) is 3.05. The average molecular weight is 353 g/mol. The van der Waals surface area contributed by atoms with Crippen LogP contribution in [0.3, 0.4) is 0 Å². The third-order valence-corrected chi connectivity index (χ3v) is 3.62. The summed E-state index contributed by atoms with van der Waals surface area (Å²) in [7, 11) is 1.48. The summed E-state index contributed by atoms with van der Waals surface area (Å²) < 4.78 is 5.04. The van der Waals surface area contributed by atoms with Gasteiger partial charge in [-0.25, -0.2) is 0 Å². The number of rotatable bonds is 6. The van der Waals surface area contributed by atoms with E-state index >= 15 is 0 Å². The van der Waals surface area contributed by atoms with E-state index in [2.05, 4.69) is 16.6 Å². The minimum atomic E-state index is -0.409. The van der Waals surface area contributed by atoms with Crippen molar-refractivity contribution in [2.45, 2.75) is 6.92 Å². The highest BCUT2D eigenvalue weighted by Gasteiger charge is 2.16. The molecule has 0 saturated heterocycles. The van der Waals surface area contributed by atoms with E-state index in [4.69, 9.17) is 10.8 Å². The second-order valence-electron chi connectivity index (χ2n) is 5.60. The molecule has 0 bridgehead atoms. The normalized spacial score (nSPS) is 9.88. The van der Waals surface area contributed by atoms with E-state index in [9.17, 15) is 14.4 Å². The first-order valence-electron chi connectivity index (χ1n) is 7.83. The number of benzene rings is 1. The minimum absolute atomic E-state index is 0.153. The molecule has 0 aliphatic rings. The molecule has 26 heavy (non-hydrogen) atoms. The van der Waals surface area contributed by atoms with Gasteiger partial charge in [-0.2, -0.15) is 0 Å². The van der Waals surface area contributed by atoms with E-state index in [-0.39, 0.29) is 19.0 Å². The van der Waals surface area contributed by atoms with Gasteiger partial charge in [0.05, 0.1) is 24.9 Å². The second kappa shape index (κ2) is 8.53. The third-order valence-electron chi connectivity index (χ3n) is 3.62. The van der Waals surface area contributed by atoms with E-state index in [1.807, 2.05) is 0 Å². The standard InChI is InChI=1S/C19H19N3O4/c1-4-14-6-5-7-15(10-14)21-17(23)12-22(3)18(24)11-20-19(25)16-8-9-26-13(16)2/h1,5-10H,11-12H2,2-3H3,(H,20,25)(H,21,23). The maximum atomic E-state index is 12.1. The molecule has 0 fully saturated rings. The van der Waals surface area contributed by atoms with E-state index < -0.39 is 11.8 Å². The van der Waals surface area contributed by atoms with Crippen LogP contribution in [0.4, 0.5) is 5.69 Å². The summed E-state index contributed by atoms with van der Waals surface area (Å²) in [6.45, 7) is 1.28. The number of nitrogens with zero attached hydrogens (tertiary/aromatic N) is 1. The summed E-state index contributed by atoms with van der Waals surface area (Å²) in [5, 5.41) is 5.17. The fourth-order valence-electron chi connectivity index (χ4n) is 2.20. The van der Waals surface area contributed by atoms with Crippen LogP contribution in [0.5, 0.6) is 0 Å². The second-order valence-corrected chi connectivity index (χ2v) is 5.60. The van der Waals surface area contributed by atoms with Gasteiger partial charge in [0.15, 0.2) is 0 Å². The highest BCUT2D eigenvalue weighted by molar-refractivity contribution is 5.98. The topological polar surface area (TPSA) is 91.7 Å². The number of furan rings is 1. The largest absolute Gasteiger partial charge is 0.469 e. The summed E-state index contributed by atoms with van der Waals surface area (Å²) in [5.41, 5.74) is 1.56. The van der Waals surface area contributed by atoms with Crippen LogP contribution in [0.15, 0.2) is 41.0 Å². The Kier molecular flexibility index (Phi) is 6.17. The molecule has 0 spiro atoms. The van der Waals surface area contributed by atoms with Gasteiger partial charge in [0.2, 0.25) is 11.8 Å². The highest BCUT2D eigenvalue weighted by Crippen LogP contribution is 2.10. The minimum Gasteiger partial charge on any atom is -0.469 e. The van der Waals surface area contributed by atoms with Gasteiger partial charge in [0.1, 0.15) is 5.76 Å². The maximum Gasteiger partial charge on any atom is 0.255 e. The zero-order valence-electron chi connectivity index (χ0n) is 14.5. The maximum absolute atomic E-state index is 12.1. The fourth-order valence-corrected chi connectivity index (χ4v) is 2.20. The van der Waals surface area contributed by atoms with Crippen molar-refractivity contribution < 1.29 is 18.8 Å². The first-order valence-corrected chi connectivity index (χ1v) is 7.83. The summed E-state index contributed by atoms with van der Waals surface area (Å²) in [6.07, 6.45) is 6.72. The SMILES string of the molecule is C#Cc1cccc(NC(=O)CN(C)C(=O)CNC(=O)c2ccoc2C)c1. The van der Waals surface area contributed by atoms with Crippen molar-refractivity contribution in [2.24, 2.45) is 0 Å². The molecule has 0 aliphatic carbocycles. The third kappa shape index (κ3) is 4.98. The number of carbonyl (C=O) groups is 3. The van der Waals surface area contributed by atoms with Crippen LogP contribution in [0.2, 0.25) is 0 Å². The highest BCUT2D eigenvalue weighted by atomic mass is 16.3. The Morgan fingerprint density at radius 2 is 2.04 bits per heavy atom. The van der Waals surface area contributed by atoms with Crippen molar-refractivity contribution in [3.05, 3.63) is 53.5 Å². The fraction of sp³-hybridized carbons (Fsp3) is 0.211. The number of anilines is 1. The van der Waals surface area contributed by atoms with Crippen molar-refractivity contribution in [3.63, 3.8) is 0 Å². The molecule has 0 saturated carbocycles. The Morgan fingerprint density at radius 3 is 2.69 bits per heavy atom. The van der Waals surface area contributed by atoms with Crippen LogP contribution in [0.1, 0.15) is 21.7 Å². The lowest BCUT2D eigenvalue weighted by Gasteiger charge is -2.17. The number of carbonyl (C=O) groups excluding carboxylic acids is 3. The zero-order valence-corrected chi connectivity index (χ0v) is 14.5. The predicted molar refractivity (Wildman–Crippen MR) is 96.4 cm³/mol. The van der Waals surface area contributed by atoms with Crippen molar-refractivity contribution in [2.75, 3.05) is 25.5 Å². The Morgan fingerprint density at radius 1 is 1.27 bits per heavy atom. The Bertz CT molecular complexity index is 864. The van der Waals surface area contributed by atoms with Gasteiger partial charge in [-0.15, -0.1) is 6.42 Å². The molecule has 3 amide bonds. The zero-order chi connectivity index (χ0) is 19.1. The van der Waals surface area contributed by atoms with E-state index in [1.165, 1.54) is 24.3 Å². The summed E-state index contributed by atoms with van der Waals surface area (Å²) in [4.78, 5) is 37.3. The molecule has 2 N–H and O–H groups in total. The molecular formula is C19H19N3O4. The molecule has 7 heteroatoms. The molecule has 7 nitrogen and oxygen atoms in total. The molecule has 0 atom stereocenters. The summed E-state index contributed by atoms with van der Waals surface area (Å²) in [5.74, 6) is 1.78. The lowest BCUT2D eigenvalue weighted by Crippen LogP contribution is -2.41. The molecule has 1 aromatic carbocycles. The van der Waals surface area contributed by atoms with Crippen LogP contribution in [-0.4, -0.2) is 42.8 Å². The number of hydrogen-bond donors (Lipinski definition) is 2. The number of nitrogens with one attached hydrogen (secondary N) is 2. The number of hydrogen-bond acceptors (Lipinski definition) is 4. The Hall–Kier alpha value is -3.53. The predicted octanol–water partition coefficient (Wildman–Crippen LogP) is 1.40. The van der Waals surface area contributed by atoms with Crippen LogP contribution in [0, 0.1) is 19.3 Å². The quantitative estimate of drug-likeness (QED) is 0.768. The van der Waals surface area contributed by atoms with Gasteiger partial charge in [-0.1, -0.05) is 12.0 Å². The number of likely N-dealkylation sites (N-methyl/N-ethyl adjacent to an activating group) is 1. The van der Waals surface area contributed by atoms with E-state index in [1.54, 1.807) is 31.2 Å². The lowest BCUT2D eigenvalue weighted by atomic mass is 10.2. The van der Waals surface area contributed by atoms with Crippen LogP contribution in [-0.2, 0) is 9.59 Å². The molecule has 0 radical (unpaired) electrons. The van der Waals surface area contributed by atoms with Gasteiger partial charge in [0.25, 0.3) is 5.91 Å². The van der Waals surface area contributed by atoms with Gasteiger partial charge >= 0.3 is 0 Å². The molecule has 2 aromatic rings. The first kappa shape index (κ1) is 18.8. The monoisotopic (exact) mass is 353 g/mol. The first-order chi connectivity index (χ1) is 12.4. The molecule has 1 heterocycles. The van der Waals surface area contributed by atoms with Gasteiger partial charge in [-0.05, 0) is 31.2 Å². The smallest absolute Gasteiger partial charge is 0.255 e. The Balaban J connectivity index is 1.82. The van der Waals surface area contributed by atoms with Gasteiger partial charge in [-0.3, -0.25) is 14.4 Å². The number of aryl methyl sites for hydroxylation is 1.